The summed E-state index contributed by atoms with van der Waals surface area (Å²) in [4.78, 5) is 20.5. The Bertz CT molecular complexity index is 1110. The quantitative estimate of drug-likeness (QED) is 0.601. The standard InChI is InChI=1S/C27H34N4O2/c1-20-16-21(2)18-23(17-20)27(8-14-33-15-9-27)26(32)30-11-3-4-22(7-12-30)19-24-5-6-25-28-10-13-31(25)29-24/h5-6,10,13,16-18,22H,3-4,7-9,11-12,14-15,19H2,1-2H3/t22-/m1/s1. The van der Waals surface area contributed by atoms with Crippen LogP contribution in [0.5, 0.6) is 0 Å². The Hall–Kier alpha value is -2.73. The normalized spacial score (nSPS) is 21.2. The summed E-state index contributed by atoms with van der Waals surface area (Å²) in [6.45, 7) is 7.22. The van der Waals surface area contributed by atoms with Crippen molar-refractivity contribution in [3.8, 4) is 0 Å². The van der Waals surface area contributed by atoms with Crippen LogP contribution < -0.4 is 0 Å². The second-order valence-corrected chi connectivity index (χ2v) is 9.92. The van der Waals surface area contributed by atoms with Crippen LogP contribution in [0.4, 0.5) is 0 Å². The Morgan fingerprint density at radius 1 is 1.09 bits per heavy atom. The van der Waals surface area contributed by atoms with Crippen LogP contribution in [0.3, 0.4) is 0 Å². The highest BCUT2D eigenvalue weighted by atomic mass is 16.5. The fourth-order valence-corrected chi connectivity index (χ4v) is 5.73. The van der Waals surface area contributed by atoms with Crippen LogP contribution in [-0.4, -0.2) is 51.7 Å². The highest BCUT2D eigenvalue weighted by Crippen LogP contribution is 2.38. The number of likely N-dealkylation sites (tertiary alicyclic amines) is 1. The molecule has 5 rings (SSSR count). The van der Waals surface area contributed by atoms with Gasteiger partial charge >= 0.3 is 0 Å². The molecule has 2 aromatic heterocycles. The van der Waals surface area contributed by atoms with Crippen molar-refractivity contribution in [3.05, 3.63) is 65.1 Å². The molecule has 2 fully saturated rings. The molecule has 0 unspecified atom stereocenters. The van der Waals surface area contributed by atoms with Gasteiger partial charge in [0.25, 0.3) is 0 Å². The number of carbonyl (C=O) groups excluding carboxylic acids is 1. The molecule has 2 saturated heterocycles. The molecule has 2 aliphatic heterocycles. The van der Waals surface area contributed by atoms with E-state index < -0.39 is 5.41 Å². The third kappa shape index (κ3) is 4.54. The van der Waals surface area contributed by atoms with Gasteiger partial charge in [-0.1, -0.05) is 29.3 Å². The number of aromatic nitrogens is 3. The first-order valence-electron chi connectivity index (χ1n) is 12.3. The van der Waals surface area contributed by atoms with E-state index in [1.54, 1.807) is 6.20 Å². The molecule has 33 heavy (non-hydrogen) atoms. The van der Waals surface area contributed by atoms with E-state index in [1.165, 1.54) is 16.7 Å². The van der Waals surface area contributed by atoms with Gasteiger partial charge in [0, 0.05) is 38.7 Å². The molecule has 6 nitrogen and oxygen atoms in total. The SMILES string of the molecule is Cc1cc(C)cc(C2(C(=O)N3CCC[C@@H](Cc4ccc5nccn5n4)CC3)CCOCC2)c1. The first-order chi connectivity index (χ1) is 16.0. The number of imidazole rings is 1. The Kier molecular flexibility index (Phi) is 6.19. The van der Waals surface area contributed by atoms with E-state index in [0.29, 0.717) is 25.0 Å². The average Bonchev–Trinajstić information content (AvgIpc) is 3.16. The lowest BCUT2D eigenvalue weighted by Gasteiger charge is -2.40. The van der Waals surface area contributed by atoms with E-state index in [1.807, 2.05) is 16.8 Å². The summed E-state index contributed by atoms with van der Waals surface area (Å²) in [5, 5.41) is 4.71. The monoisotopic (exact) mass is 446 g/mol. The minimum Gasteiger partial charge on any atom is -0.381 e. The number of carbonyl (C=O) groups is 1. The maximum atomic E-state index is 14.1. The zero-order chi connectivity index (χ0) is 22.8. The van der Waals surface area contributed by atoms with E-state index in [-0.39, 0.29) is 0 Å². The van der Waals surface area contributed by atoms with E-state index in [9.17, 15) is 4.79 Å². The van der Waals surface area contributed by atoms with Crippen molar-refractivity contribution in [2.24, 2.45) is 5.92 Å². The maximum absolute atomic E-state index is 14.1. The van der Waals surface area contributed by atoms with Crippen LogP contribution in [0.25, 0.3) is 5.65 Å². The Balaban J connectivity index is 1.32. The molecule has 0 aliphatic carbocycles. The number of hydrogen-bond donors (Lipinski definition) is 0. The van der Waals surface area contributed by atoms with Crippen molar-refractivity contribution in [2.75, 3.05) is 26.3 Å². The van der Waals surface area contributed by atoms with Crippen molar-refractivity contribution in [1.29, 1.82) is 0 Å². The van der Waals surface area contributed by atoms with Gasteiger partial charge in [-0.2, -0.15) is 5.10 Å². The van der Waals surface area contributed by atoms with E-state index in [2.05, 4.69) is 48.0 Å². The molecule has 0 radical (unpaired) electrons. The fraction of sp³-hybridized carbons (Fsp3) is 0.519. The molecule has 1 amide bonds. The Morgan fingerprint density at radius 3 is 2.67 bits per heavy atom. The molecule has 1 aromatic carbocycles. The smallest absolute Gasteiger partial charge is 0.233 e. The van der Waals surface area contributed by atoms with E-state index in [0.717, 1.165) is 63.0 Å². The van der Waals surface area contributed by atoms with Crippen LogP contribution in [-0.2, 0) is 21.4 Å². The van der Waals surface area contributed by atoms with E-state index in [4.69, 9.17) is 9.84 Å². The molecule has 174 valence electrons. The van der Waals surface area contributed by atoms with Crippen LogP contribution in [0.15, 0.2) is 42.7 Å². The fourth-order valence-electron chi connectivity index (χ4n) is 5.73. The molecule has 6 heteroatoms. The third-order valence-corrected chi connectivity index (χ3v) is 7.47. The number of hydrogen-bond acceptors (Lipinski definition) is 4. The largest absolute Gasteiger partial charge is 0.381 e. The molecule has 1 atom stereocenters. The number of aryl methyl sites for hydroxylation is 2. The molecule has 4 heterocycles. The highest BCUT2D eigenvalue weighted by molar-refractivity contribution is 5.88. The van der Waals surface area contributed by atoms with Crippen LogP contribution in [0, 0.1) is 19.8 Å². The zero-order valence-corrected chi connectivity index (χ0v) is 19.8. The van der Waals surface area contributed by atoms with Crippen LogP contribution in [0.1, 0.15) is 54.5 Å². The van der Waals surface area contributed by atoms with Gasteiger partial charge in [0.1, 0.15) is 0 Å². The summed E-state index contributed by atoms with van der Waals surface area (Å²) in [6, 6.07) is 10.7. The zero-order valence-electron chi connectivity index (χ0n) is 19.8. The summed E-state index contributed by atoms with van der Waals surface area (Å²) >= 11 is 0. The number of amides is 1. The summed E-state index contributed by atoms with van der Waals surface area (Å²) < 4.78 is 7.54. The lowest BCUT2D eigenvalue weighted by atomic mass is 9.72. The van der Waals surface area contributed by atoms with Gasteiger partial charge in [-0.25, -0.2) is 9.50 Å². The third-order valence-electron chi connectivity index (χ3n) is 7.47. The predicted molar refractivity (Wildman–Crippen MR) is 128 cm³/mol. The van der Waals surface area contributed by atoms with Gasteiger partial charge in [-0.05, 0) is 76.0 Å². The lowest BCUT2D eigenvalue weighted by Crippen LogP contribution is -2.50. The molecule has 3 aromatic rings. The average molecular weight is 447 g/mol. The van der Waals surface area contributed by atoms with Crippen LogP contribution >= 0.6 is 0 Å². The number of nitrogens with zero attached hydrogens (tertiary/aromatic N) is 4. The second-order valence-electron chi connectivity index (χ2n) is 9.92. The summed E-state index contributed by atoms with van der Waals surface area (Å²) in [6.07, 6.45) is 9.36. The predicted octanol–water partition coefficient (Wildman–Crippen LogP) is 4.27. The van der Waals surface area contributed by atoms with Gasteiger partial charge in [-0.15, -0.1) is 0 Å². The molecule has 0 spiro atoms. The maximum Gasteiger partial charge on any atom is 0.233 e. The highest BCUT2D eigenvalue weighted by Gasteiger charge is 2.44. The summed E-state index contributed by atoms with van der Waals surface area (Å²) in [5.74, 6) is 0.845. The minimum atomic E-state index is -0.455. The van der Waals surface area contributed by atoms with Gasteiger partial charge in [0.15, 0.2) is 5.65 Å². The van der Waals surface area contributed by atoms with Gasteiger partial charge < -0.3 is 9.64 Å². The number of ether oxygens (including phenoxy) is 1. The van der Waals surface area contributed by atoms with Crippen LogP contribution in [0.2, 0.25) is 0 Å². The van der Waals surface area contributed by atoms with Gasteiger partial charge in [-0.3, -0.25) is 4.79 Å². The Morgan fingerprint density at radius 2 is 1.88 bits per heavy atom. The second kappa shape index (κ2) is 9.26. The number of benzene rings is 1. The molecular formula is C27H34N4O2. The molecule has 0 N–H and O–H groups in total. The first-order valence-corrected chi connectivity index (χ1v) is 12.3. The van der Waals surface area contributed by atoms with Crippen molar-refractivity contribution in [3.63, 3.8) is 0 Å². The molecule has 0 bridgehead atoms. The van der Waals surface area contributed by atoms with Crippen molar-refractivity contribution >= 4 is 11.6 Å². The first kappa shape index (κ1) is 22.1. The minimum absolute atomic E-state index is 0.300. The summed E-state index contributed by atoms with van der Waals surface area (Å²) in [5.41, 5.74) is 5.14. The van der Waals surface area contributed by atoms with Gasteiger partial charge in [0.05, 0.1) is 11.1 Å². The lowest BCUT2D eigenvalue weighted by molar-refractivity contribution is -0.141. The van der Waals surface area contributed by atoms with Gasteiger partial charge in [0.2, 0.25) is 5.91 Å². The van der Waals surface area contributed by atoms with E-state index >= 15 is 0 Å². The molecular weight excluding hydrogens is 412 g/mol. The Labute approximate surface area is 196 Å². The van der Waals surface area contributed by atoms with Crippen molar-refractivity contribution in [1.82, 2.24) is 19.5 Å². The summed E-state index contributed by atoms with van der Waals surface area (Å²) in [7, 11) is 0. The molecule has 2 aliphatic rings. The molecule has 0 saturated carbocycles. The number of rotatable bonds is 4. The number of fused-ring (bicyclic) bond motifs is 1. The van der Waals surface area contributed by atoms with Crippen molar-refractivity contribution in [2.45, 2.75) is 57.8 Å². The topological polar surface area (TPSA) is 59.7 Å². The van der Waals surface area contributed by atoms with Crippen molar-refractivity contribution < 1.29 is 9.53 Å².